The van der Waals surface area contributed by atoms with Crippen LogP contribution in [0.5, 0.6) is 0 Å². The molecule has 3 aromatic heterocycles. The van der Waals surface area contributed by atoms with Gasteiger partial charge in [0.1, 0.15) is 11.3 Å². The van der Waals surface area contributed by atoms with E-state index < -0.39 is 0 Å². The van der Waals surface area contributed by atoms with Crippen molar-refractivity contribution in [2.24, 2.45) is 0 Å². The van der Waals surface area contributed by atoms with Crippen LogP contribution in [0.15, 0.2) is 30.5 Å². The van der Waals surface area contributed by atoms with E-state index in [2.05, 4.69) is 15.0 Å². The lowest BCUT2D eigenvalue weighted by Crippen LogP contribution is -2.08. The first-order valence-corrected chi connectivity index (χ1v) is 7.44. The van der Waals surface area contributed by atoms with Crippen LogP contribution in [0.4, 0.5) is 0 Å². The fourth-order valence-electron chi connectivity index (χ4n) is 2.31. The second-order valence-electron chi connectivity index (χ2n) is 4.94. The van der Waals surface area contributed by atoms with E-state index in [9.17, 15) is 0 Å². The molecule has 0 saturated heterocycles. The summed E-state index contributed by atoms with van der Waals surface area (Å²) in [5.74, 6) is 0.768. The van der Waals surface area contributed by atoms with Gasteiger partial charge in [0.2, 0.25) is 0 Å². The lowest BCUT2D eigenvalue weighted by molar-refractivity contribution is 0.719. The molecule has 6 heteroatoms. The van der Waals surface area contributed by atoms with Crippen LogP contribution in [0.2, 0.25) is 5.02 Å². The summed E-state index contributed by atoms with van der Waals surface area (Å²) in [4.78, 5) is 13.5. The van der Waals surface area contributed by atoms with Gasteiger partial charge in [-0.15, -0.1) is 11.6 Å². The zero-order chi connectivity index (χ0) is 15.0. The highest BCUT2D eigenvalue weighted by atomic mass is 35.5. The summed E-state index contributed by atoms with van der Waals surface area (Å²) in [7, 11) is 0. The minimum Gasteiger partial charge on any atom is -0.305 e. The highest BCUT2D eigenvalue weighted by Crippen LogP contribution is 2.25. The summed E-state index contributed by atoms with van der Waals surface area (Å²) in [6, 6.07) is 7.74. The number of nitrogens with zero attached hydrogens (tertiary/aromatic N) is 4. The van der Waals surface area contributed by atoms with Crippen LogP contribution in [-0.4, -0.2) is 19.5 Å². The number of hydrogen-bond acceptors (Lipinski definition) is 3. The Hall–Kier alpha value is -1.65. The van der Waals surface area contributed by atoms with Gasteiger partial charge in [-0.2, -0.15) is 0 Å². The maximum Gasteiger partial charge on any atom is 0.160 e. The van der Waals surface area contributed by atoms with E-state index in [1.165, 1.54) is 0 Å². The second-order valence-corrected chi connectivity index (χ2v) is 6.03. The third-order valence-electron chi connectivity index (χ3n) is 3.20. The molecule has 4 nitrogen and oxygen atoms in total. The number of rotatable bonds is 3. The summed E-state index contributed by atoms with van der Waals surface area (Å²) in [6.45, 7) is 4.45. The molecule has 108 valence electrons. The minimum absolute atomic E-state index is 0.220. The van der Waals surface area contributed by atoms with E-state index in [0.29, 0.717) is 11.6 Å². The van der Waals surface area contributed by atoms with Crippen LogP contribution in [0.1, 0.15) is 29.5 Å². The monoisotopic (exact) mass is 320 g/mol. The average Bonchev–Trinajstić information content (AvgIpc) is 2.77. The molecule has 0 saturated carbocycles. The summed E-state index contributed by atoms with van der Waals surface area (Å²) in [5.41, 5.74) is 3.45. The van der Waals surface area contributed by atoms with E-state index in [1.54, 1.807) is 12.3 Å². The van der Waals surface area contributed by atoms with Gasteiger partial charge in [-0.25, -0.2) is 9.97 Å². The van der Waals surface area contributed by atoms with E-state index in [1.807, 2.05) is 36.6 Å². The molecule has 1 unspecified atom stereocenters. The Morgan fingerprint density at radius 2 is 2.10 bits per heavy atom. The van der Waals surface area contributed by atoms with Gasteiger partial charge in [0.15, 0.2) is 5.65 Å². The molecule has 0 aromatic carbocycles. The first-order chi connectivity index (χ1) is 10.0. The van der Waals surface area contributed by atoms with E-state index in [-0.39, 0.29) is 5.38 Å². The Kier molecular flexibility index (Phi) is 3.83. The molecule has 21 heavy (non-hydrogen) atoms. The summed E-state index contributed by atoms with van der Waals surface area (Å²) in [5, 5.41) is 0.345. The molecule has 0 fully saturated rings. The highest BCUT2D eigenvalue weighted by Gasteiger charge is 2.16. The summed E-state index contributed by atoms with van der Waals surface area (Å²) in [6.07, 6.45) is 1.62. The number of hydrogen-bond donors (Lipinski definition) is 0. The molecular formula is C15H14Cl2N4. The Morgan fingerprint density at radius 1 is 1.29 bits per heavy atom. The molecule has 0 aliphatic heterocycles. The van der Waals surface area contributed by atoms with Crippen LogP contribution in [-0.2, 0) is 6.54 Å². The van der Waals surface area contributed by atoms with Gasteiger partial charge in [-0.3, -0.25) is 4.98 Å². The number of halogens is 2. The number of aromatic nitrogens is 4. The Balaban J connectivity index is 2.13. The number of fused-ring (bicyclic) bond motifs is 1. The predicted octanol–water partition coefficient (Wildman–Crippen LogP) is 4.14. The van der Waals surface area contributed by atoms with E-state index in [0.717, 1.165) is 28.4 Å². The number of alkyl halides is 1. The van der Waals surface area contributed by atoms with Crippen molar-refractivity contribution in [1.29, 1.82) is 0 Å². The normalized spacial score (nSPS) is 12.8. The number of imidazole rings is 1. The third-order valence-corrected chi connectivity index (χ3v) is 3.60. The third kappa shape index (κ3) is 2.87. The molecule has 3 aromatic rings. The lowest BCUT2D eigenvalue weighted by Gasteiger charge is -2.10. The molecule has 3 rings (SSSR count). The van der Waals surface area contributed by atoms with Crippen molar-refractivity contribution in [3.63, 3.8) is 0 Å². The maximum atomic E-state index is 6.25. The topological polar surface area (TPSA) is 43.6 Å². The van der Waals surface area contributed by atoms with Crippen molar-refractivity contribution in [2.45, 2.75) is 25.8 Å². The quantitative estimate of drug-likeness (QED) is 0.681. The van der Waals surface area contributed by atoms with Crippen LogP contribution < -0.4 is 0 Å². The minimum atomic E-state index is -0.220. The molecule has 0 spiro atoms. The lowest BCUT2D eigenvalue weighted by atomic mass is 10.3. The second kappa shape index (κ2) is 5.62. The summed E-state index contributed by atoms with van der Waals surface area (Å²) >= 11 is 12.2. The molecule has 0 aliphatic rings. The number of pyridine rings is 2. The van der Waals surface area contributed by atoms with E-state index >= 15 is 0 Å². The van der Waals surface area contributed by atoms with Gasteiger partial charge in [0.05, 0.1) is 22.6 Å². The molecule has 0 radical (unpaired) electrons. The van der Waals surface area contributed by atoms with Crippen LogP contribution in [0, 0.1) is 6.92 Å². The zero-order valence-electron chi connectivity index (χ0n) is 11.7. The van der Waals surface area contributed by atoms with Gasteiger partial charge in [-0.1, -0.05) is 17.7 Å². The predicted molar refractivity (Wildman–Crippen MR) is 84.9 cm³/mol. The highest BCUT2D eigenvalue weighted by molar-refractivity contribution is 6.31. The Bertz CT molecular complexity index is 795. The SMILES string of the molecule is Cc1cccc(Cn2c(C(C)Cl)nc3cc(Cl)cnc32)n1. The first-order valence-electron chi connectivity index (χ1n) is 6.63. The van der Waals surface area contributed by atoms with Crippen molar-refractivity contribution in [3.8, 4) is 0 Å². The molecule has 0 bridgehead atoms. The van der Waals surface area contributed by atoms with Gasteiger partial charge in [0.25, 0.3) is 0 Å². The van der Waals surface area contributed by atoms with Crippen molar-refractivity contribution >= 4 is 34.4 Å². The molecular weight excluding hydrogens is 307 g/mol. The smallest absolute Gasteiger partial charge is 0.160 e. The molecule has 1 atom stereocenters. The molecule has 0 N–H and O–H groups in total. The fraction of sp³-hybridized carbons (Fsp3) is 0.267. The van der Waals surface area contributed by atoms with Crippen molar-refractivity contribution in [3.05, 3.63) is 52.7 Å². The standard InChI is InChI=1S/C15H14Cl2N4/c1-9-4-3-5-12(19-9)8-21-14(10(2)16)20-13-6-11(17)7-18-15(13)21/h3-7,10H,8H2,1-2H3. The van der Waals surface area contributed by atoms with Gasteiger partial charge in [0, 0.05) is 11.9 Å². The van der Waals surface area contributed by atoms with Crippen LogP contribution in [0.3, 0.4) is 0 Å². The van der Waals surface area contributed by atoms with Gasteiger partial charge >= 0.3 is 0 Å². The number of aryl methyl sites for hydroxylation is 1. The largest absolute Gasteiger partial charge is 0.305 e. The molecule has 0 aliphatic carbocycles. The van der Waals surface area contributed by atoms with Crippen LogP contribution in [0.25, 0.3) is 11.2 Å². The van der Waals surface area contributed by atoms with Crippen molar-refractivity contribution in [2.75, 3.05) is 0 Å². The Labute approximate surface area is 132 Å². The van der Waals surface area contributed by atoms with E-state index in [4.69, 9.17) is 23.2 Å². The van der Waals surface area contributed by atoms with Gasteiger partial charge in [-0.05, 0) is 32.0 Å². The van der Waals surface area contributed by atoms with Crippen molar-refractivity contribution < 1.29 is 0 Å². The summed E-state index contributed by atoms with van der Waals surface area (Å²) < 4.78 is 1.99. The molecule has 0 amide bonds. The van der Waals surface area contributed by atoms with Gasteiger partial charge < -0.3 is 4.57 Å². The Morgan fingerprint density at radius 3 is 2.81 bits per heavy atom. The fourth-order valence-corrected chi connectivity index (χ4v) is 2.63. The zero-order valence-corrected chi connectivity index (χ0v) is 13.2. The van der Waals surface area contributed by atoms with Crippen molar-refractivity contribution in [1.82, 2.24) is 19.5 Å². The maximum absolute atomic E-state index is 6.25. The average molecular weight is 321 g/mol. The first kappa shape index (κ1) is 14.3. The molecule has 3 heterocycles. The van der Waals surface area contributed by atoms with Crippen LogP contribution >= 0.6 is 23.2 Å².